The zero-order valence-electron chi connectivity index (χ0n) is 13.1. The Kier molecular flexibility index (Phi) is 3.66. The molecule has 4 rings (SSSR count). The van der Waals surface area contributed by atoms with Gasteiger partial charge in [0.1, 0.15) is 0 Å². The maximum absolute atomic E-state index is 12.2. The van der Waals surface area contributed by atoms with E-state index in [0.717, 1.165) is 31.6 Å². The minimum absolute atomic E-state index is 0.330. The number of fused-ring (bicyclic) bond motifs is 2. The predicted molar refractivity (Wildman–Crippen MR) is 101 cm³/mol. The van der Waals surface area contributed by atoms with Crippen LogP contribution >= 0.6 is 22.7 Å². The van der Waals surface area contributed by atoms with Gasteiger partial charge < -0.3 is 0 Å². The molecule has 0 aliphatic heterocycles. The lowest BCUT2D eigenvalue weighted by molar-refractivity contribution is 0.262. The molecule has 0 spiro atoms. The van der Waals surface area contributed by atoms with Gasteiger partial charge in [-0.1, -0.05) is 46.9 Å². The Morgan fingerprint density at radius 3 is 1.71 bits per heavy atom. The van der Waals surface area contributed by atoms with Crippen LogP contribution in [0.1, 0.15) is 11.1 Å². The van der Waals surface area contributed by atoms with Crippen LogP contribution in [-0.4, -0.2) is 16.0 Å². The van der Waals surface area contributed by atoms with E-state index in [-0.39, 0.29) is 6.03 Å². The number of para-hydroxylation sites is 2. The Balaban J connectivity index is 1.54. The van der Waals surface area contributed by atoms with Gasteiger partial charge in [-0.3, -0.25) is 10.6 Å². The molecule has 0 aliphatic carbocycles. The van der Waals surface area contributed by atoms with Crippen molar-refractivity contribution >= 4 is 59.4 Å². The molecule has 0 bridgehead atoms. The van der Waals surface area contributed by atoms with Crippen molar-refractivity contribution in [2.45, 2.75) is 13.8 Å². The summed E-state index contributed by atoms with van der Waals surface area (Å²) in [6, 6.07) is 11.7. The summed E-state index contributed by atoms with van der Waals surface area (Å²) < 4.78 is 2.11. The van der Waals surface area contributed by atoms with Gasteiger partial charge in [-0.25, -0.2) is 14.8 Å². The fourth-order valence-corrected chi connectivity index (χ4v) is 4.38. The molecule has 24 heavy (non-hydrogen) atoms. The smallest absolute Gasteiger partial charge is 0.283 e. The van der Waals surface area contributed by atoms with Crippen molar-refractivity contribution in [1.29, 1.82) is 0 Å². The highest BCUT2D eigenvalue weighted by Crippen LogP contribution is 2.29. The number of benzene rings is 2. The Bertz CT molecular complexity index is 983. The summed E-state index contributed by atoms with van der Waals surface area (Å²) >= 11 is 2.92. The van der Waals surface area contributed by atoms with Crippen molar-refractivity contribution in [2.75, 3.05) is 10.6 Å². The van der Waals surface area contributed by atoms with Crippen LogP contribution in [0.4, 0.5) is 15.1 Å². The van der Waals surface area contributed by atoms with Crippen molar-refractivity contribution in [2.24, 2.45) is 0 Å². The molecule has 0 unspecified atom stereocenters. The Hall–Kier alpha value is -2.51. The lowest BCUT2D eigenvalue weighted by atomic mass is 10.2. The second kappa shape index (κ2) is 5.85. The summed E-state index contributed by atoms with van der Waals surface area (Å²) in [7, 11) is 0. The number of carbonyl (C=O) groups is 1. The van der Waals surface area contributed by atoms with E-state index >= 15 is 0 Å². The molecule has 7 heteroatoms. The molecule has 0 atom stereocenters. The van der Waals surface area contributed by atoms with Crippen LogP contribution in [0.15, 0.2) is 36.4 Å². The van der Waals surface area contributed by atoms with E-state index in [1.54, 1.807) is 0 Å². The Morgan fingerprint density at radius 1 is 0.833 bits per heavy atom. The number of hydrogen-bond acceptors (Lipinski definition) is 5. The van der Waals surface area contributed by atoms with E-state index in [2.05, 4.69) is 20.6 Å². The lowest BCUT2D eigenvalue weighted by Gasteiger charge is -2.00. The van der Waals surface area contributed by atoms with E-state index < -0.39 is 0 Å². The van der Waals surface area contributed by atoms with Gasteiger partial charge in [-0.15, -0.1) is 0 Å². The maximum Gasteiger partial charge on any atom is 0.327 e. The molecule has 0 fully saturated rings. The van der Waals surface area contributed by atoms with Crippen molar-refractivity contribution < 1.29 is 4.79 Å². The fourth-order valence-electron chi connectivity index (χ4n) is 2.50. The van der Waals surface area contributed by atoms with Crippen LogP contribution in [0.2, 0.25) is 0 Å². The third-order valence-corrected chi connectivity index (χ3v) is 5.55. The summed E-state index contributed by atoms with van der Waals surface area (Å²) in [6.45, 7) is 4.02. The molecule has 2 N–H and O–H groups in total. The van der Waals surface area contributed by atoms with Gasteiger partial charge in [0, 0.05) is 0 Å². The van der Waals surface area contributed by atoms with Crippen LogP contribution in [0, 0.1) is 13.8 Å². The molecule has 2 heterocycles. The number of thiazole rings is 2. The minimum atomic E-state index is -0.330. The highest BCUT2D eigenvalue weighted by atomic mass is 32.1. The molecule has 120 valence electrons. The number of rotatable bonds is 2. The van der Waals surface area contributed by atoms with Crippen molar-refractivity contribution in [3.05, 3.63) is 47.5 Å². The monoisotopic (exact) mass is 354 g/mol. The van der Waals surface area contributed by atoms with E-state index in [4.69, 9.17) is 0 Å². The summed E-state index contributed by atoms with van der Waals surface area (Å²) in [4.78, 5) is 21.2. The second-order valence-electron chi connectivity index (χ2n) is 5.46. The highest BCUT2D eigenvalue weighted by molar-refractivity contribution is 7.23. The molecule has 0 saturated carbocycles. The average Bonchev–Trinajstić information content (AvgIpc) is 3.12. The topological polar surface area (TPSA) is 66.9 Å². The van der Waals surface area contributed by atoms with Gasteiger partial charge in [0.25, 0.3) is 0 Å². The highest BCUT2D eigenvalue weighted by Gasteiger charge is 2.12. The van der Waals surface area contributed by atoms with Crippen LogP contribution in [0.5, 0.6) is 0 Å². The van der Waals surface area contributed by atoms with E-state index in [0.29, 0.717) is 10.3 Å². The average molecular weight is 354 g/mol. The molecule has 2 aromatic carbocycles. The van der Waals surface area contributed by atoms with Gasteiger partial charge in [-0.05, 0) is 37.1 Å². The lowest BCUT2D eigenvalue weighted by Crippen LogP contribution is -2.19. The number of nitrogens with one attached hydrogen (secondary N) is 2. The molecule has 2 amide bonds. The number of amides is 2. The molecular formula is C17H14N4OS2. The predicted octanol–water partition coefficient (Wildman–Crippen LogP) is 5.17. The van der Waals surface area contributed by atoms with Gasteiger partial charge in [0.2, 0.25) is 0 Å². The van der Waals surface area contributed by atoms with Gasteiger partial charge in [-0.2, -0.15) is 0 Å². The van der Waals surface area contributed by atoms with E-state index in [9.17, 15) is 4.79 Å². The quantitative estimate of drug-likeness (QED) is 0.522. The third-order valence-electron chi connectivity index (χ3n) is 3.68. The zero-order valence-corrected chi connectivity index (χ0v) is 14.7. The van der Waals surface area contributed by atoms with Gasteiger partial charge >= 0.3 is 6.03 Å². The van der Waals surface area contributed by atoms with Gasteiger partial charge in [0.05, 0.1) is 20.4 Å². The van der Waals surface area contributed by atoms with Crippen molar-refractivity contribution in [1.82, 2.24) is 9.97 Å². The van der Waals surface area contributed by atoms with Crippen LogP contribution in [0.3, 0.4) is 0 Å². The van der Waals surface area contributed by atoms with Crippen molar-refractivity contribution in [3.63, 3.8) is 0 Å². The zero-order chi connectivity index (χ0) is 16.7. The summed E-state index contributed by atoms with van der Waals surface area (Å²) in [5, 5.41) is 6.74. The molecule has 4 aromatic rings. The largest absolute Gasteiger partial charge is 0.327 e. The molecule has 0 radical (unpaired) electrons. The first-order valence-corrected chi connectivity index (χ1v) is 9.04. The van der Waals surface area contributed by atoms with Crippen LogP contribution < -0.4 is 10.6 Å². The summed E-state index contributed by atoms with van der Waals surface area (Å²) in [5.74, 6) is 0. The van der Waals surface area contributed by atoms with Crippen LogP contribution in [0.25, 0.3) is 20.4 Å². The normalized spacial score (nSPS) is 11.1. The molecule has 5 nitrogen and oxygen atoms in total. The Labute approximate surface area is 146 Å². The number of nitrogens with zero attached hydrogens (tertiary/aromatic N) is 2. The third kappa shape index (κ3) is 2.72. The second-order valence-corrected chi connectivity index (χ2v) is 7.52. The van der Waals surface area contributed by atoms with Crippen molar-refractivity contribution in [3.8, 4) is 0 Å². The number of aromatic nitrogens is 2. The maximum atomic E-state index is 12.2. The minimum Gasteiger partial charge on any atom is -0.283 e. The van der Waals surface area contributed by atoms with E-state index in [1.165, 1.54) is 22.7 Å². The Morgan fingerprint density at radius 2 is 1.29 bits per heavy atom. The molecule has 2 aromatic heterocycles. The van der Waals surface area contributed by atoms with Gasteiger partial charge in [0.15, 0.2) is 10.3 Å². The molecule has 0 aliphatic rings. The fraction of sp³-hybridized carbons (Fsp3) is 0.118. The first-order chi connectivity index (χ1) is 11.6. The number of hydrogen-bond donors (Lipinski definition) is 2. The molecule has 0 saturated heterocycles. The van der Waals surface area contributed by atoms with Crippen LogP contribution in [-0.2, 0) is 0 Å². The number of urea groups is 1. The first kappa shape index (κ1) is 15.0. The number of carbonyl (C=O) groups excluding carboxylic acids is 1. The van der Waals surface area contributed by atoms with E-state index in [1.807, 2.05) is 50.2 Å². The SMILES string of the molecule is Cc1cccc2sc(NC(=O)Nc3nc4c(C)cccc4s3)nc12. The molecular weight excluding hydrogens is 340 g/mol. The number of anilines is 2. The number of aryl methyl sites for hydroxylation is 2. The summed E-state index contributed by atoms with van der Waals surface area (Å²) in [5.41, 5.74) is 4.04. The first-order valence-electron chi connectivity index (χ1n) is 7.40. The standard InChI is InChI=1S/C17H14N4OS2/c1-9-5-3-7-11-13(9)18-16(23-11)20-15(22)21-17-19-14-10(2)6-4-8-12(14)24-17/h3-8H,1-2H3,(H2,18,19,20,21,22). The summed E-state index contributed by atoms with van der Waals surface area (Å²) in [6.07, 6.45) is 0.